The molecule has 11 rings (SSSR count). The number of nitrogens with zero attached hydrogens (tertiary/aromatic N) is 5. The van der Waals surface area contributed by atoms with Crippen molar-refractivity contribution in [2.75, 3.05) is 4.90 Å². The zero-order valence-electron chi connectivity index (χ0n) is 34.3. The van der Waals surface area contributed by atoms with Gasteiger partial charge in [0, 0.05) is 39.6 Å². The number of anilines is 3. The normalized spacial score (nSPS) is 12.2. The highest BCUT2D eigenvalue weighted by Gasteiger charge is 2.27. The maximum absolute atomic E-state index is 5.40. The summed E-state index contributed by atoms with van der Waals surface area (Å²) < 4.78 is 4.76. The number of para-hydroxylation sites is 4. The first kappa shape index (κ1) is 35.9. The molecule has 7 aromatic carbocycles. The Labute approximate surface area is 350 Å². The van der Waals surface area contributed by atoms with Crippen LogP contribution in [0, 0.1) is 0 Å². The van der Waals surface area contributed by atoms with E-state index >= 15 is 0 Å². The fourth-order valence-corrected chi connectivity index (χ4v) is 9.61. The third-order valence-electron chi connectivity index (χ3n) is 12.3. The molecule has 3 heterocycles. The van der Waals surface area contributed by atoms with Crippen molar-refractivity contribution in [3.63, 3.8) is 0 Å². The average molecular weight is 776 g/mol. The molecule has 0 saturated carbocycles. The zero-order valence-corrected chi connectivity index (χ0v) is 34.3. The quantitative estimate of drug-likeness (QED) is 0.154. The second-order valence-corrected chi connectivity index (χ2v) is 16.6. The lowest BCUT2D eigenvalue weighted by molar-refractivity contribution is 0.811. The molecule has 0 N–H and O–H groups in total. The van der Waals surface area contributed by atoms with Gasteiger partial charge in [-0.2, -0.15) is 0 Å². The Morgan fingerprint density at radius 2 is 1.25 bits per heavy atom. The third kappa shape index (κ3) is 5.68. The molecule has 1 aliphatic rings. The van der Waals surface area contributed by atoms with Gasteiger partial charge in [-0.3, -0.25) is 9.13 Å². The van der Waals surface area contributed by atoms with Crippen LogP contribution in [-0.2, 0) is 6.42 Å². The number of benzene rings is 7. The number of fused-ring (bicyclic) bond motifs is 8. The van der Waals surface area contributed by atoms with Crippen molar-refractivity contribution in [1.82, 2.24) is 19.1 Å². The molecule has 290 valence electrons. The van der Waals surface area contributed by atoms with Crippen LogP contribution in [0.1, 0.15) is 61.8 Å². The van der Waals surface area contributed by atoms with E-state index in [1.54, 1.807) is 0 Å². The Morgan fingerprint density at radius 1 is 0.533 bits per heavy atom. The van der Waals surface area contributed by atoms with Crippen LogP contribution in [0.4, 0.5) is 17.1 Å². The van der Waals surface area contributed by atoms with Crippen molar-refractivity contribution in [1.29, 1.82) is 0 Å². The molecule has 0 radical (unpaired) electrons. The van der Waals surface area contributed by atoms with Crippen molar-refractivity contribution in [3.8, 4) is 34.0 Å². The van der Waals surface area contributed by atoms with Gasteiger partial charge in [0.25, 0.3) is 0 Å². The minimum atomic E-state index is 0.333. The van der Waals surface area contributed by atoms with Crippen LogP contribution in [0.15, 0.2) is 176 Å². The Kier molecular flexibility index (Phi) is 8.52. The maximum atomic E-state index is 5.40. The Hall–Kier alpha value is -7.24. The number of hydrogen-bond acceptors (Lipinski definition) is 3. The largest absolute Gasteiger partial charge is 0.310 e. The summed E-state index contributed by atoms with van der Waals surface area (Å²) in [6.45, 7) is 9.15. The van der Waals surface area contributed by atoms with Gasteiger partial charge in [0.15, 0.2) is 0 Å². The molecular weight excluding hydrogens is 731 g/mol. The highest BCUT2D eigenvalue weighted by molar-refractivity contribution is 6.18. The van der Waals surface area contributed by atoms with Crippen LogP contribution in [0.2, 0.25) is 0 Å². The van der Waals surface area contributed by atoms with E-state index in [9.17, 15) is 0 Å². The third-order valence-corrected chi connectivity index (χ3v) is 12.3. The molecule has 10 aromatic rings. The molecule has 60 heavy (non-hydrogen) atoms. The first-order valence-corrected chi connectivity index (χ1v) is 21.1. The van der Waals surface area contributed by atoms with Gasteiger partial charge in [0.05, 0.1) is 27.8 Å². The Balaban J connectivity index is 1.14. The van der Waals surface area contributed by atoms with Crippen LogP contribution >= 0.6 is 0 Å². The lowest BCUT2D eigenvalue weighted by Crippen LogP contribution is -2.11. The van der Waals surface area contributed by atoms with Crippen molar-refractivity contribution in [2.45, 2.75) is 46.0 Å². The standard InChI is InChI=1S/C55H45N5/c1-35(2)43-22-15-23-44(36(3)4)54(43)60-48-25-11-10-24-47(48)57-55(60)39-17-14-20-41(33-39)58(40-18-6-5-7-19-40)42-28-29-46-50(34-42)59(51-26-12-13-31-56-51)49-30-27-38-32-37-16-8-9-21-45(37)52(38)53(46)49/h5-31,33-36H,32H2,1-4H3. The topological polar surface area (TPSA) is 38.9 Å². The maximum Gasteiger partial charge on any atom is 0.145 e. The van der Waals surface area contributed by atoms with Crippen LogP contribution in [0.25, 0.3) is 66.9 Å². The predicted molar refractivity (Wildman–Crippen MR) is 250 cm³/mol. The summed E-state index contributed by atoms with van der Waals surface area (Å²) in [5, 5.41) is 2.49. The van der Waals surface area contributed by atoms with Gasteiger partial charge in [-0.15, -0.1) is 0 Å². The lowest BCUT2D eigenvalue weighted by atomic mass is 9.92. The minimum absolute atomic E-state index is 0.333. The van der Waals surface area contributed by atoms with Crippen LogP contribution in [0.5, 0.6) is 0 Å². The summed E-state index contributed by atoms with van der Waals surface area (Å²) in [6.07, 6.45) is 2.84. The monoisotopic (exact) mass is 775 g/mol. The molecule has 0 fully saturated rings. The van der Waals surface area contributed by atoms with Gasteiger partial charge < -0.3 is 4.90 Å². The van der Waals surface area contributed by atoms with E-state index < -0.39 is 0 Å². The molecule has 0 saturated heterocycles. The fraction of sp³-hybridized carbons (Fsp3) is 0.127. The molecule has 5 nitrogen and oxygen atoms in total. The molecule has 3 aromatic heterocycles. The van der Waals surface area contributed by atoms with Crippen LogP contribution < -0.4 is 4.90 Å². The predicted octanol–water partition coefficient (Wildman–Crippen LogP) is 14.5. The number of pyridine rings is 1. The summed E-state index contributed by atoms with van der Waals surface area (Å²) in [5.41, 5.74) is 17.9. The van der Waals surface area contributed by atoms with Gasteiger partial charge in [-0.05, 0) is 118 Å². The van der Waals surface area contributed by atoms with E-state index in [4.69, 9.17) is 9.97 Å². The Bertz CT molecular complexity index is 3220. The Morgan fingerprint density at radius 3 is 2.05 bits per heavy atom. The molecule has 0 aliphatic heterocycles. The van der Waals surface area contributed by atoms with Gasteiger partial charge >= 0.3 is 0 Å². The van der Waals surface area contributed by atoms with E-state index in [0.717, 1.165) is 62.8 Å². The van der Waals surface area contributed by atoms with E-state index in [1.807, 2.05) is 12.3 Å². The molecule has 0 spiro atoms. The van der Waals surface area contributed by atoms with Gasteiger partial charge in [-0.1, -0.05) is 131 Å². The first-order chi connectivity index (χ1) is 29.4. The average Bonchev–Trinajstić information content (AvgIpc) is 3.96. The minimum Gasteiger partial charge on any atom is -0.310 e. The summed E-state index contributed by atoms with van der Waals surface area (Å²) in [7, 11) is 0. The summed E-state index contributed by atoms with van der Waals surface area (Å²) in [6, 6.07) is 61.5. The van der Waals surface area contributed by atoms with Crippen LogP contribution in [0.3, 0.4) is 0 Å². The van der Waals surface area contributed by atoms with E-state index in [0.29, 0.717) is 11.8 Å². The lowest BCUT2D eigenvalue weighted by Gasteiger charge is -2.26. The molecule has 0 bridgehead atoms. The summed E-state index contributed by atoms with van der Waals surface area (Å²) in [5.74, 6) is 2.50. The molecule has 0 unspecified atom stereocenters. The SMILES string of the molecule is CC(C)c1cccc(C(C)C)c1-n1c(-c2cccc(N(c3ccccc3)c3ccc4c5c6c(ccc5n(-c5ccccn5)c4c3)Cc3ccccc3-6)c2)nc2ccccc21. The van der Waals surface area contributed by atoms with Crippen molar-refractivity contribution in [3.05, 3.63) is 198 Å². The molecule has 0 amide bonds. The summed E-state index contributed by atoms with van der Waals surface area (Å²) in [4.78, 5) is 12.7. The van der Waals surface area contributed by atoms with Gasteiger partial charge in [0.1, 0.15) is 11.6 Å². The highest BCUT2D eigenvalue weighted by atomic mass is 15.2. The van der Waals surface area contributed by atoms with Crippen molar-refractivity contribution >= 4 is 49.9 Å². The number of aromatic nitrogens is 4. The molecule has 1 aliphatic carbocycles. The number of imidazole rings is 1. The molecule has 0 atom stereocenters. The van der Waals surface area contributed by atoms with Gasteiger partial charge in [0.2, 0.25) is 0 Å². The second kappa shape index (κ2) is 14.2. The van der Waals surface area contributed by atoms with E-state index in [-0.39, 0.29) is 0 Å². The smallest absolute Gasteiger partial charge is 0.145 e. The van der Waals surface area contributed by atoms with Crippen molar-refractivity contribution < 1.29 is 0 Å². The summed E-state index contributed by atoms with van der Waals surface area (Å²) >= 11 is 0. The van der Waals surface area contributed by atoms with E-state index in [2.05, 4.69) is 206 Å². The second-order valence-electron chi connectivity index (χ2n) is 16.6. The number of rotatable bonds is 8. The first-order valence-electron chi connectivity index (χ1n) is 21.1. The zero-order chi connectivity index (χ0) is 40.5. The van der Waals surface area contributed by atoms with Crippen LogP contribution in [-0.4, -0.2) is 19.1 Å². The van der Waals surface area contributed by atoms with Crippen molar-refractivity contribution in [2.24, 2.45) is 0 Å². The fourth-order valence-electron chi connectivity index (χ4n) is 9.61. The van der Waals surface area contributed by atoms with Gasteiger partial charge in [-0.25, -0.2) is 9.97 Å². The molecular formula is C55H45N5. The molecule has 5 heteroatoms. The highest BCUT2D eigenvalue weighted by Crippen LogP contribution is 2.47. The van der Waals surface area contributed by atoms with E-state index in [1.165, 1.54) is 49.8 Å². The number of hydrogen-bond donors (Lipinski definition) is 0.